The van der Waals surface area contributed by atoms with Crippen molar-refractivity contribution in [2.24, 2.45) is 11.5 Å². The van der Waals surface area contributed by atoms with E-state index in [9.17, 15) is 0 Å². The third kappa shape index (κ3) is 7.73. The van der Waals surface area contributed by atoms with E-state index in [0.29, 0.717) is 0 Å². The molecule has 0 aromatic heterocycles. The molecule has 0 aromatic carbocycles. The van der Waals surface area contributed by atoms with Crippen LogP contribution < -0.4 is 11.5 Å². The van der Waals surface area contributed by atoms with Gasteiger partial charge in [-0.1, -0.05) is 39.3 Å². The standard InChI is InChI=1S/C10H28N2Si2/c1-13(2,3)7-9(11)10(12)8-14(4,5)6/h9-10H,7-8,11-12H2,1-6H3. The topological polar surface area (TPSA) is 52.0 Å². The van der Waals surface area contributed by atoms with Gasteiger partial charge in [-0.15, -0.1) is 0 Å². The molecule has 0 amide bonds. The van der Waals surface area contributed by atoms with E-state index in [4.69, 9.17) is 11.5 Å². The molecule has 0 heterocycles. The molecule has 0 aliphatic rings. The minimum atomic E-state index is -1.05. The Hall–Kier alpha value is 0.354. The van der Waals surface area contributed by atoms with Crippen LogP contribution >= 0.6 is 0 Å². The minimum Gasteiger partial charge on any atom is -0.327 e. The van der Waals surface area contributed by atoms with Crippen molar-refractivity contribution in [3.05, 3.63) is 0 Å². The SMILES string of the molecule is C[Si](C)(C)CC(N)C(N)C[Si](C)(C)C. The summed E-state index contributed by atoms with van der Waals surface area (Å²) >= 11 is 0. The first-order valence-corrected chi connectivity index (χ1v) is 12.9. The molecule has 2 atom stereocenters. The molecule has 2 nitrogen and oxygen atoms in total. The normalized spacial score (nSPS) is 18.0. The summed E-state index contributed by atoms with van der Waals surface area (Å²) in [4.78, 5) is 0. The molecule has 0 saturated carbocycles. The van der Waals surface area contributed by atoms with E-state index in [0.717, 1.165) is 12.1 Å². The zero-order chi connectivity index (χ0) is 11.6. The second-order valence-corrected chi connectivity index (χ2v) is 17.9. The average molecular weight is 233 g/mol. The molecule has 0 bridgehead atoms. The van der Waals surface area contributed by atoms with E-state index in [1.165, 1.54) is 0 Å². The summed E-state index contributed by atoms with van der Waals surface area (Å²) in [5, 5.41) is 0. The zero-order valence-electron chi connectivity index (χ0n) is 10.7. The van der Waals surface area contributed by atoms with Gasteiger partial charge in [0.1, 0.15) is 0 Å². The Kier molecular flexibility index (Phi) is 5.04. The highest BCUT2D eigenvalue weighted by atomic mass is 28.3. The van der Waals surface area contributed by atoms with Crippen LogP contribution in [0, 0.1) is 0 Å². The predicted octanol–water partition coefficient (Wildman–Crippen LogP) is 2.32. The molecule has 0 aliphatic carbocycles. The maximum atomic E-state index is 6.14. The average Bonchev–Trinajstić information content (AvgIpc) is 1.78. The van der Waals surface area contributed by atoms with Crippen LogP contribution in [0.1, 0.15) is 0 Å². The van der Waals surface area contributed by atoms with E-state index in [1.54, 1.807) is 0 Å². The van der Waals surface area contributed by atoms with Crippen LogP contribution in [0.3, 0.4) is 0 Å². The number of nitrogens with two attached hydrogens (primary N) is 2. The Morgan fingerprint density at radius 3 is 1.07 bits per heavy atom. The van der Waals surface area contributed by atoms with Crippen LogP contribution in [0.2, 0.25) is 51.4 Å². The largest absolute Gasteiger partial charge is 0.327 e. The lowest BCUT2D eigenvalue weighted by atomic mass is 10.2. The lowest BCUT2D eigenvalue weighted by Gasteiger charge is -2.29. The first-order valence-electron chi connectivity index (χ1n) is 5.52. The third-order valence-electron chi connectivity index (χ3n) is 2.25. The molecule has 0 spiro atoms. The van der Waals surface area contributed by atoms with Gasteiger partial charge >= 0.3 is 0 Å². The molecular weight excluding hydrogens is 204 g/mol. The predicted molar refractivity (Wildman–Crippen MR) is 72.3 cm³/mol. The maximum Gasteiger partial charge on any atom is 0.0458 e. The van der Waals surface area contributed by atoms with Crippen molar-refractivity contribution in [3.63, 3.8) is 0 Å². The van der Waals surface area contributed by atoms with Gasteiger partial charge in [0.15, 0.2) is 0 Å². The fraction of sp³-hybridized carbons (Fsp3) is 1.00. The molecule has 4 N–H and O–H groups in total. The van der Waals surface area contributed by atoms with Crippen LogP contribution in [-0.4, -0.2) is 28.2 Å². The smallest absolute Gasteiger partial charge is 0.0458 e. The monoisotopic (exact) mass is 232 g/mol. The molecular formula is C10H28N2Si2. The Labute approximate surface area is 91.5 Å². The van der Waals surface area contributed by atoms with Crippen LogP contribution in [0.25, 0.3) is 0 Å². The zero-order valence-corrected chi connectivity index (χ0v) is 12.7. The van der Waals surface area contributed by atoms with Gasteiger partial charge in [-0.25, -0.2) is 0 Å². The van der Waals surface area contributed by atoms with Crippen molar-refractivity contribution in [1.82, 2.24) is 0 Å². The maximum absolute atomic E-state index is 6.14. The van der Waals surface area contributed by atoms with Crippen molar-refractivity contribution in [1.29, 1.82) is 0 Å². The summed E-state index contributed by atoms with van der Waals surface area (Å²) in [7, 11) is -2.10. The van der Waals surface area contributed by atoms with Gasteiger partial charge in [0.25, 0.3) is 0 Å². The lowest BCUT2D eigenvalue weighted by Crippen LogP contribution is -2.48. The number of hydrogen-bond acceptors (Lipinski definition) is 2. The first kappa shape index (κ1) is 14.4. The summed E-state index contributed by atoms with van der Waals surface area (Å²) in [6, 6.07) is 2.74. The van der Waals surface area contributed by atoms with E-state index < -0.39 is 16.1 Å². The second kappa shape index (κ2) is 4.92. The van der Waals surface area contributed by atoms with E-state index in [2.05, 4.69) is 39.3 Å². The van der Waals surface area contributed by atoms with Crippen molar-refractivity contribution in [2.45, 2.75) is 63.5 Å². The molecule has 4 heteroatoms. The van der Waals surface area contributed by atoms with Crippen molar-refractivity contribution < 1.29 is 0 Å². The first-order chi connectivity index (χ1) is 6.01. The second-order valence-electron chi connectivity index (χ2n) is 6.86. The summed E-state index contributed by atoms with van der Waals surface area (Å²) < 4.78 is 0. The Bertz CT molecular complexity index is 150. The van der Waals surface area contributed by atoms with Crippen LogP contribution in [0.15, 0.2) is 0 Å². The Morgan fingerprint density at radius 2 is 0.929 bits per heavy atom. The highest BCUT2D eigenvalue weighted by Gasteiger charge is 2.26. The lowest BCUT2D eigenvalue weighted by molar-refractivity contribution is 0.590. The van der Waals surface area contributed by atoms with E-state index in [1.807, 2.05) is 0 Å². The highest BCUT2D eigenvalue weighted by Crippen LogP contribution is 2.17. The molecule has 0 fully saturated rings. The number of rotatable bonds is 5. The van der Waals surface area contributed by atoms with Crippen molar-refractivity contribution >= 4 is 16.1 Å². The highest BCUT2D eigenvalue weighted by molar-refractivity contribution is 6.77. The van der Waals surface area contributed by atoms with Gasteiger partial charge in [-0.05, 0) is 12.1 Å². The van der Waals surface area contributed by atoms with E-state index >= 15 is 0 Å². The summed E-state index contributed by atoms with van der Waals surface area (Å²) in [6.07, 6.45) is 0. The molecule has 14 heavy (non-hydrogen) atoms. The molecule has 0 aliphatic heterocycles. The fourth-order valence-corrected chi connectivity index (χ4v) is 5.15. The van der Waals surface area contributed by atoms with Crippen molar-refractivity contribution in [2.75, 3.05) is 0 Å². The van der Waals surface area contributed by atoms with Gasteiger partial charge in [-0.3, -0.25) is 0 Å². The number of hydrogen-bond donors (Lipinski definition) is 2. The quantitative estimate of drug-likeness (QED) is 0.715. The van der Waals surface area contributed by atoms with Crippen LogP contribution in [0.5, 0.6) is 0 Å². The summed E-state index contributed by atoms with van der Waals surface area (Å²) in [5.74, 6) is 0. The van der Waals surface area contributed by atoms with Gasteiger partial charge in [-0.2, -0.15) is 0 Å². The molecule has 2 unspecified atom stereocenters. The molecule has 86 valence electrons. The summed E-state index contributed by atoms with van der Waals surface area (Å²) in [6.45, 7) is 14.1. The summed E-state index contributed by atoms with van der Waals surface area (Å²) in [5.41, 5.74) is 12.3. The molecule has 0 aromatic rings. The van der Waals surface area contributed by atoms with Crippen molar-refractivity contribution in [3.8, 4) is 0 Å². The Balaban J connectivity index is 4.07. The van der Waals surface area contributed by atoms with Gasteiger partial charge in [0, 0.05) is 28.2 Å². The Morgan fingerprint density at radius 1 is 0.714 bits per heavy atom. The molecule has 0 radical (unpaired) electrons. The van der Waals surface area contributed by atoms with Gasteiger partial charge in [0.2, 0.25) is 0 Å². The van der Waals surface area contributed by atoms with Crippen LogP contribution in [-0.2, 0) is 0 Å². The van der Waals surface area contributed by atoms with Gasteiger partial charge < -0.3 is 11.5 Å². The van der Waals surface area contributed by atoms with Gasteiger partial charge in [0.05, 0.1) is 0 Å². The minimum absolute atomic E-state index is 0.216. The molecule has 0 rings (SSSR count). The van der Waals surface area contributed by atoms with E-state index in [-0.39, 0.29) is 12.1 Å². The fourth-order valence-electron chi connectivity index (χ4n) is 1.72. The van der Waals surface area contributed by atoms with Crippen LogP contribution in [0.4, 0.5) is 0 Å². The third-order valence-corrected chi connectivity index (χ3v) is 5.64. The molecule has 0 saturated heterocycles.